The van der Waals surface area contributed by atoms with Gasteiger partial charge in [0.25, 0.3) is 5.91 Å². The van der Waals surface area contributed by atoms with Gasteiger partial charge in [-0.25, -0.2) is 9.48 Å². The monoisotopic (exact) mass is 390 g/mol. The van der Waals surface area contributed by atoms with Crippen LogP contribution in [-0.2, 0) is 6.18 Å². The molecule has 0 aliphatic rings. The molecule has 3 amide bonds. The molecule has 0 saturated heterocycles. The van der Waals surface area contributed by atoms with E-state index in [4.69, 9.17) is 5.73 Å². The van der Waals surface area contributed by atoms with Gasteiger partial charge in [-0.05, 0) is 36.4 Å². The molecule has 8 nitrogen and oxygen atoms in total. The normalized spacial score (nSPS) is 11.1. The van der Waals surface area contributed by atoms with Gasteiger partial charge < -0.3 is 16.4 Å². The van der Waals surface area contributed by atoms with E-state index in [1.165, 1.54) is 42.5 Å². The number of para-hydroxylation sites is 1. The van der Waals surface area contributed by atoms with Gasteiger partial charge in [0, 0.05) is 11.4 Å². The van der Waals surface area contributed by atoms with Crippen LogP contribution < -0.4 is 16.4 Å². The molecule has 2 aromatic carbocycles. The van der Waals surface area contributed by atoms with Crippen molar-refractivity contribution in [2.75, 3.05) is 10.6 Å². The second kappa shape index (κ2) is 7.39. The summed E-state index contributed by atoms with van der Waals surface area (Å²) in [6.45, 7) is 0. The number of alkyl halides is 3. The summed E-state index contributed by atoms with van der Waals surface area (Å²) in [5.74, 6) is -0.661. The number of amides is 3. The van der Waals surface area contributed by atoms with Crippen molar-refractivity contribution in [1.82, 2.24) is 15.0 Å². The van der Waals surface area contributed by atoms with E-state index in [9.17, 15) is 22.8 Å². The van der Waals surface area contributed by atoms with Crippen LogP contribution >= 0.6 is 0 Å². The Morgan fingerprint density at radius 3 is 2.18 bits per heavy atom. The van der Waals surface area contributed by atoms with E-state index in [-0.39, 0.29) is 11.4 Å². The Morgan fingerprint density at radius 1 is 0.964 bits per heavy atom. The zero-order valence-corrected chi connectivity index (χ0v) is 14.1. The van der Waals surface area contributed by atoms with E-state index in [0.29, 0.717) is 11.4 Å². The third kappa shape index (κ3) is 4.26. The number of nitrogens with two attached hydrogens (primary N) is 1. The number of primary amides is 1. The molecule has 144 valence electrons. The lowest BCUT2D eigenvalue weighted by atomic mass is 10.1. The van der Waals surface area contributed by atoms with E-state index in [1.54, 1.807) is 0 Å². The molecular formula is C17H13F3N6O2. The first-order chi connectivity index (χ1) is 13.2. The van der Waals surface area contributed by atoms with Crippen molar-refractivity contribution in [3.8, 4) is 5.69 Å². The molecule has 3 aromatic rings. The van der Waals surface area contributed by atoms with Crippen LogP contribution in [0.4, 0.5) is 29.3 Å². The Labute approximate surface area is 156 Å². The second-order valence-corrected chi connectivity index (χ2v) is 5.58. The molecule has 28 heavy (non-hydrogen) atoms. The molecule has 4 N–H and O–H groups in total. The van der Waals surface area contributed by atoms with Gasteiger partial charge in [0.2, 0.25) is 0 Å². The number of rotatable bonds is 4. The first-order valence-electron chi connectivity index (χ1n) is 7.81. The molecule has 1 heterocycles. The molecule has 0 fully saturated rings. The van der Waals surface area contributed by atoms with Gasteiger partial charge in [0.1, 0.15) is 0 Å². The fraction of sp³-hybridized carbons (Fsp3) is 0.0588. The van der Waals surface area contributed by atoms with Gasteiger partial charge in [-0.1, -0.05) is 17.3 Å². The lowest BCUT2D eigenvalue weighted by Gasteiger charge is -2.11. The van der Waals surface area contributed by atoms with Gasteiger partial charge in [-0.2, -0.15) is 13.2 Å². The molecule has 0 atom stereocenters. The lowest BCUT2D eigenvalue weighted by Crippen LogP contribution is -2.19. The summed E-state index contributed by atoms with van der Waals surface area (Å²) >= 11 is 0. The highest BCUT2D eigenvalue weighted by Gasteiger charge is 2.34. The Morgan fingerprint density at radius 2 is 1.57 bits per heavy atom. The second-order valence-electron chi connectivity index (χ2n) is 5.58. The van der Waals surface area contributed by atoms with Crippen LogP contribution in [0.2, 0.25) is 0 Å². The summed E-state index contributed by atoms with van der Waals surface area (Å²) in [6.07, 6.45) is -3.48. The summed E-state index contributed by atoms with van der Waals surface area (Å²) in [7, 11) is 0. The number of anilines is 2. The molecule has 1 aromatic heterocycles. The maximum Gasteiger partial charge on any atom is 0.418 e. The largest absolute Gasteiger partial charge is 0.418 e. The average Bonchev–Trinajstić information content (AvgIpc) is 3.12. The number of carbonyl (C=O) groups is 2. The number of halogens is 3. The number of hydrogen-bond acceptors (Lipinski definition) is 4. The van der Waals surface area contributed by atoms with Crippen LogP contribution in [0.1, 0.15) is 16.1 Å². The zero-order chi connectivity index (χ0) is 20.3. The fourth-order valence-electron chi connectivity index (χ4n) is 2.37. The van der Waals surface area contributed by atoms with Crippen molar-refractivity contribution in [3.63, 3.8) is 0 Å². The van der Waals surface area contributed by atoms with E-state index in [1.807, 2.05) is 0 Å². The molecule has 0 aliphatic carbocycles. The standard InChI is InChI=1S/C17H13F3N6O2/c18-17(19,20)12-3-1-2-4-14(12)26-9-13(24-25-26)15(27)22-10-5-7-11(8-6-10)23-16(21)28/h1-9H,(H,22,27)(H3,21,23,28). The number of nitrogens with zero attached hydrogens (tertiary/aromatic N) is 3. The third-order valence-corrected chi connectivity index (χ3v) is 3.59. The van der Waals surface area contributed by atoms with Gasteiger partial charge in [-0.15, -0.1) is 5.10 Å². The highest BCUT2D eigenvalue weighted by atomic mass is 19.4. The van der Waals surface area contributed by atoms with E-state index in [0.717, 1.165) is 16.9 Å². The first kappa shape index (κ1) is 18.9. The minimum atomic E-state index is -4.58. The molecular weight excluding hydrogens is 377 g/mol. The summed E-state index contributed by atoms with van der Waals surface area (Å²) in [5, 5.41) is 12.1. The van der Waals surface area contributed by atoms with Crippen molar-refractivity contribution in [1.29, 1.82) is 0 Å². The maximum atomic E-state index is 13.1. The van der Waals surface area contributed by atoms with Gasteiger partial charge in [-0.3, -0.25) is 4.79 Å². The van der Waals surface area contributed by atoms with Crippen molar-refractivity contribution in [3.05, 3.63) is 66.0 Å². The quantitative estimate of drug-likeness (QED) is 0.635. The van der Waals surface area contributed by atoms with Crippen LogP contribution in [0.3, 0.4) is 0 Å². The molecule has 0 unspecified atom stereocenters. The Bertz CT molecular complexity index is 1010. The van der Waals surface area contributed by atoms with E-state index < -0.39 is 23.7 Å². The van der Waals surface area contributed by atoms with Crippen LogP contribution in [0, 0.1) is 0 Å². The zero-order valence-electron chi connectivity index (χ0n) is 14.1. The van der Waals surface area contributed by atoms with E-state index in [2.05, 4.69) is 20.9 Å². The number of aromatic nitrogens is 3. The minimum Gasteiger partial charge on any atom is -0.351 e. The van der Waals surface area contributed by atoms with Crippen molar-refractivity contribution in [2.24, 2.45) is 5.73 Å². The smallest absolute Gasteiger partial charge is 0.351 e. The van der Waals surface area contributed by atoms with Crippen LogP contribution in [0.25, 0.3) is 5.69 Å². The van der Waals surface area contributed by atoms with Crippen molar-refractivity contribution in [2.45, 2.75) is 6.18 Å². The van der Waals surface area contributed by atoms with Crippen molar-refractivity contribution >= 4 is 23.3 Å². The molecule has 3 rings (SSSR count). The summed E-state index contributed by atoms with van der Waals surface area (Å²) in [5.41, 5.74) is 4.49. The molecule has 0 spiro atoms. The topological polar surface area (TPSA) is 115 Å². The Kier molecular flexibility index (Phi) is 4.98. The number of hydrogen-bond donors (Lipinski definition) is 3. The highest BCUT2D eigenvalue weighted by molar-refractivity contribution is 6.02. The SMILES string of the molecule is NC(=O)Nc1ccc(NC(=O)c2cn(-c3ccccc3C(F)(F)F)nn2)cc1. The minimum absolute atomic E-state index is 0.170. The van der Waals surface area contributed by atoms with Crippen LogP contribution in [0.15, 0.2) is 54.7 Å². The summed E-state index contributed by atoms with van der Waals surface area (Å²) < 4.78 is 40.3. The molecule has 11 heteroatoms. The predicted molar refractivity (Wildman–Crippen MR) is 94.0 cm³/mol. The van der Waals surface area contributed by atoms with Gasteiger partial charge in [0.15, 0.2) is 5.69 Å². The fourth-order valence-corrected chi connectivity index (χ4v) is 2.37. The molecule has 0 aliphatic heterocycles. The number of carbonyl (C=O) groups excluding carboxylic acids is 2. The third-order valence-electron chi connectivity index (χ3n) is 3.59. The Balaban J connectivity index is 1.77. The lowest BCUT2D eigenvalue weighted by molar-refractivity contribution is -0.137. The molecule has 0 bridgehead atoms. The molecule has 0 radical (unpaired) electrons. The van der Waals surface area contributed by atoms with Crippen LogP contribution in [0.5, 0.6) is 0 Å². The average molecular weight is 390 g/mol. The van der Waals surface area contributed by atoms with Gasteiger partial charge in [0.05, 0.1) is 17.4 Å². The summed E-state index contributed by atoms with van der Waals surface area (Å²) in [6, 6.07) is 10.1. The molecule has 0 saturated carbocycles. The number of benzene rings is 2. The van der Waals surface area contributed by atoms with Gasteiger partial charge >= 0.3 is 12.2 Å². The maximum absolute atomic E-state index is 13.1. The highest BCUT2D eigenvalue weighted by Crippen LogP contribution is 2.33. The number of urea groups is 1. The number of nitrogens with one attached hydrogen (secondary N) is 2. The Hall–Kier alpha value is -3.89. The van der Waals surface area contributed by atoms with E-state index >= 15 is 0 Å². The van der Waals surface area contributed by atoms with Crippen LogP contribution in [-0.4, -0.2) is 26.9 Å². The predicted octanol–water partition coefficient (Wildman–Crippen LogP) is 3.03. The van der Waals surface area contributed by atoms with Crippen molar-refractivity contribution < 1.29 is 22.8 Å². The summed E-state index contributed by atoms with van der Waals surface area (Å²) in [4.78, 5) is 23.0. The first-order valence-corrected chi connectivity index (χ1v) is 7.81.